The van der Waals surface area contributed by atoms with E-state index in [0.717, 1.165) is 35.1 Å². The van der Waals surface area contributed by atoms with E-state index in [2.05, 4.69) is 11.8 Å². The van der Waals surface area contributed by atoms with Gasteiger partial charge in [0.05, 0.1) is 0 Å². The van der Waals surface area contributed by atoms with Crippen LogP contribution in [0.5, 0.6) is 0 Å². The highest BCUT2D eigenvalue weighted by Gasteiger charge is 2.49. The second-order valence-corrected chi connectivity index (χ2v) is 8.63. The Labute approximate surface area is 167 Å². The molecule has 28 heavy (non-hydrogen) atoms. The predicted octanol–water partition coefficient (Wildman–Crippen LogP) is 3.71. The van der Waals surface area contributed by atoms with Crippen LogP contribution in [0.4, 0.5) is 0 Å². The molecule has 1 aromatic carbocycles. The number of carbonyl (C=O) groups is 3. The van der Waals surface area contributed by atoms with Gasteiger partial charge in [0.1, 0.15) is 17.5 Å². The van der Waals surface area contributed by atoms with E-state index >= 15 is 0 Å². The van der Waals surface area contributed by atoms with Gasteiger partial charge in [-0.15, -0.1) is 5.92 Å². The quantitative estimate of drug-likeness (QED) is 0.552. The van der Waals surface area contributed by atoms with Gasteiger partial charge in [-0.3, -0.25) is 14.4 Å². The number of hydrogen-bond donors (Lipinski definition) is 0. The number of nitrogens with zero attached hydrogens (tertiary/aromatic N) is 1. The van der Waals surface area contributed by atoms with Crippen molar-refractivity contribution < 1.29 is 14.4 Å². The third-order valence-electron chi connectivity index (χ3n) is 6.44. The first-order valence-corrected chi connectivity index (χ1v) is 10.0. The monoisotopic (exact) mass is 379 g/mol. The molecule has 2 aliphatic rings. The van der Waals surface area contributed by atoms with Gasteiger partial charge in [-0.25, -0.2) is 0 Å². The molecule has 1 aliphatic carbocycles. The fourth-order valence-corrected chi connectivity index (χ4v) is 5.36. The summed E-state index contributed by atoms with van der Waals surface area (Å²) in [5.41, 5.74) is 3.41. The summed E-state index contributed by atoms with van der Waals surface area (Å²) in [5.74, 6) is 5.42. The molecule has 4 nitrogen and oxygen atoms in total. The summed E-state index contributed by atoms with van der Waals surface area (Å²) < 4.78 is 0. The van der Waals surface area contributed by atoms with E-state index in [4.69, 9.17) is 0 Å². The third kappa shape index (κ3) is 3.63. The molecule has 0 bridgehead atoms. The normalized spacial score (nSPS) is 27.5. The maximum Gasteiger partial charge on any atom is 0.219 e. The van der Waals surface area contributed by atoms with E-state index in [0.29, 0.717) is 19.4 Å². The third-order valence-corrected chi connectivity index (χ3v) is 6.44. The Balaban J connectivity index is 1.87. The van der Waals surface area contributed by atoms with Crippen molar-refractivity contribution in [2.24, 2.45) is 5.41 Å². The fraction of sp³-hybridized carbons (Fsp3) is 0.542. The molecule has 1 saturated carbocycles. The van der Waals surface area contributed by atoms with Crippen molar-refractivity contribution in [3.63, 3.8) is 0 Å². The molecular formula is C24H29NO3. The molecule has 0 N–H and O–H groups in total. The summed E-state index contributed by atoms with van der Waals surface area (Å²) in [6.07, 6.45) is 2.30. The zero-order valence-electron chi connectivity index (χ0n) is 17.5. The lowest BCUT2D eigenvalue weighted by Gasteiger charge is -2.47. The molecule has 4 heteroatoms. The molecule has 1 heterocycles. The van der Waals surface area contributed by atoms with Crippen LogP contribution in [-0.4, -0.2) is 35.0 Å². The molecule has 1 atom stereocenters. The lowest BCUT2D eigenvalue weighted by molar-refractivity contribution is -0.141. The Kier molecular flexibility index (Phi) is 5.48. The van der Waals surface area contributed by atoms with Crippen LogP contribution in [-0.2, 0) is 14.4 Å². The van der Waals surface area contributed by atoms with Crippen LogP contribution in [0.1, 0.15) is 74.6 Å². The molecule has 1 aliphatic heterocycles. The summed E-state index contributed by atoms with van der Waals surface area (Å²) in [6.45, 7) is 9.95. The van der Waals surface area contributed by atoms with Gasteiger partial charge in [0, 0.05) is 37.9 Å². The Morgan fingerprint density at radius 1 is 1.14 bits per heavy atom. The molecule has 3 rings (SSSR count). The van der Waals surface area contributed by atoms with Gasteiger partial charge in [0.15, 0.2) is 0 Å². The summed E-state index contributed by atoms with van der Waals surface area (Å²) in [4.78, 5) is 40.0. The van der Waals surface area contributed by atoms with Crippen molar-refractivity contribution in [3.8, 4) is 11.8 Å². The minimum absolute atomic E-state index is 0.0280. The Morgan fingerprint density at radius 2 is 1.71 bits per heavy atom. The highest BCUT2D eigenvalue weighted by Crippen LogP contribution is 2.48. The first kappa shape index (κ1) is 20.3. The van der Waals surface area contributed by atoms with Gasteiger partial charge >= 0.3 is 0 Å². The number of aryl methyl sites for hydroxylation is 2. The zero-order valence-corrected chi connectivity index (χ0v) is 17.5. The van der Waals surface area contributed by atoms with Gasteiger partial charge in [0.25, 0.3) is 0 Å². The van der Waals surface area contributed by atoms with Gasteiger partial charge in [0.2, 0.25) is 5.91 Å². The van der Waals surface area contributed by atoms with Crippen molar-refractivity contribution in [2.75, 3.05) is 6.54 Å². The molecule has 1 aromatic rings. The van der Waals surface area contributed by atoms with Crippen LogP contribution in [0.25, 0.3) is 0 Å². The van der Waals surface area contributed by atoms with Gasteiger partial charge in [-0.1, -0.05) is 5.92 Å². The van der Waals surface area contributed by atoms with E-state index in [-0.39, 0.29) is 28.9 Å². The molecule has 148 valence electrons. The number of carbonyl (C=O) groups excluding carboxylic acids is 3. The van der Waals surface area contributed by atoms with Gasteiger partial charge in [-0.05, 0) is 74.8 Å². The number of piperidine rings is 1. The molecule has 1 spiro atoms. The SMILES string of the molecule is CC#Cc1cc(C)c(C2C(=O)CC3(CCN(C(C)=O)C(C)C3)CC2=O)c(C)c1. The molecule has 1 saturated heterocycles. The van der Waals surface area contributed by atoms with Gasteiger partial charge < -0.3 is 4.90 Å². The van der Waals surface area contributed by atoms with Crippen molar-refractivity contribution in [3.05, 3.63) is 34.4 Å². The van der Waals surface area contributed by atoms with E-state index in [1.54, 1.807) is 13.8 Å². The van der Waals surface area contributed by atoms with E-state index < -0.39 is 5.92 Å². The smallest absolute Gasteiger partial charge is 0.219 e. The van der Waals surface area contributed by atoms with E-state index in [1.165, 1.54) is 0 Å². The van der Waals surface area contributed by atoms with Crippen molar-refractivity contribution >= 4 is 17.5 Å². The first-order valence-electron chi connectivity index (χ1n) is 10.0. The number of likely N-dealkylation sites (tertiary alicyclic amines) is 1. The van der Waals surface area contributed by atoms with E-state index in [9.17, 15) is 14.4 Å². The van der Waals surface area contributed by atoms with Crippen molar-refractivity contribution in [2.45, 2.75) is 72.3 Å². The maximum absolute atomic E-state index is 13.2. The second-order valence-electron chi connectivity index (χ2n) is 8.63. The molecule has 1 amide bonds. The lowest BCUT2D eigenvalue weighted by Crippen LogP contribution is -2.51. The summed E-state index contributed by atoms with van der Waals surface area (Å²) in [7, 11) is 0. The van der Waals surface area contributed by atoms with Crippen LogP contribution >= 0.6 is 0 Å². The van der Waals surface area contributed by atoms with Crippen LogP contribution in [0.15, 0.2) is 12.1 Å². The highest BCUT2D eigenvalue weighted by molar-refractivity contribution is 6.10. The molecule has 0 aromatic heterocycles. The number of hydrogen-bond acceptors (Lipinski definition) is 3. The molecule has 1 unspecified atom stereocenters. The number of ketones is 2. The number of amides is 1. The number of benzene rings is 1. The largest absolute Gasteiger partial charge is 0.340 e. The average molecular weight is 380 g/mol. The molecule has 0 radical (unpaired) electrons. The van der Waals surface area contributed by atoms with Gasteiger partial charge in [-0.2, -0.15) is 0 Å². The molecular weight excluding hydrogens is 350 g/mol. The Hall–Kier alpha value is -2.41. The predicted molar refractivity (Wildman–Crippen MR) is 109 cm³/mol. The standard InChI is InChI=1S/C24H29NO3/c1-6-7-19-10-15(2)22(16(3)11-19)23-20(27)13-24(14-21(23)28)8-9-25(18(5)26)17(4)12-24/h10-11,17,23H,8-9,12-14H2,1-5H3. The number of rotatable bonds is 1. The Morgan fingerprint density at radius 3 is 2.18 bits per heavy atom. The van der Waals surface area contributed by atoms with E-state index in [1.807, 2.05) is 37.8 Å². The lowest BCUT2D eigenvalue weighted by atomic mass is 9.61. The summed E-state index contributed by atoms with van der Waals surface area (Å²) >= 11 is 0. The summed E-state index contributed by atoms with van der Waals surface area (Å²) in [6, 6.07) is 4.01. The first-order chi connectivity index (χ1) is 13.2. The highest BCUT2D eigenvalue weighted by atomic mass is 16.2. The molecule has 2 fully saturated rings. The van der Waals surface area contributed by atoms with Crippen LogP contribution in [0.2, 0.25) is 0 Å². The van der Waals surface area contributed by atoms with Crippen LogP contribution < -0.4 is 0 Å². The van der Waals surface area contributed by atoms with Crippen molar-refractivity contribution in [1.29, 1.82) is 0 Å². The fourth-order valence-electron chi connectivity index (χ4n) is 5.36. The van der Waals surface area contributed by atoms with Crippen LogP contribution in [0, 0.1) is 31.1 Å². The minimum atomic E-state index is -0.657. The van der Waals surface area contributed by atoms with Crippen LogP contribution in [0.3, 0.4) is 0 Å². The second kappa shape index (κ2) is 7.54. The average Bonchev–Trinajstić information content (AvgIpc) is 2.56. The maximum atomic E-state index is 13.2. The topological polar surface area (TPSA) is 54.5 Å². The number of Topliss-reactive ketones (excluding diaryl/α,β-unsaturated/α-hetero) is 2. The zero-order chi connectivity index (χ0) is 20.6. The summed E-state index contributed by atoms with van der Waals surface area (Å²) in [5, 5.41) is 0. The minimum Gasteiger partial charge on any atom is -0.340 e. The Bertz CT molecular complexity index is 861. The van der Waals surface area contributed by atoms with Crippen molar-refractivity contribution in [1.82, 2.24) is 4.90 Å².